The molecule has 0 aliphatic carbocycles. The van der Waals surface area contributed by atoms with Crippen LogP contribution in [0.2, 0.25) is 0 Å². The largest absolute Gasteiger partial charge is 0.324 e. The lowest BCUT2D eigenvalue weighted by atomic mass is 9.87. The molecule has 1 heterocycles. The third kappa shape index (κ3) is 3.34. The van der Waals surface area contributed by atoms with Gasteiger partial charge in [0.1, 0.15) is 0 Å². The molecule has 1 unspecified atom stereocenters. The summed E-state index contributed by atoms with van der Waals surface area (Å²) in [4.78, 5) is 0. The van der Waals surface area contributed by atoms with Crippen LogP contribution in [0, 0.1) is 12.3 Å². The van der Waals surface area contributed by atoms with Crippen LogP contribution in [0.15, 0.2) is 6.20 Å². The zero-order valence-electron chi connectivity index (χ0n) is 10.5. The number of aromatic nitrogens is 2. The maximum atomic E-state index is 6.16. The van der Waals surface area contributed by atoms with Crippen molar-refractivity contribution in [3.05, 3.63) is 17.5 Å². The van der Waals surface area contributed by atoms with Gasteiger partial charge in [-0.1, -0.05) is 20.8 Å². The second-order valence-electron chi connectivity index (χ2n) is 5.51. The lowest BCUT2D eigenvalue weighted by Gasteiger charge is -2.20. The van der Waals surface area contributed by atoms with E-state index in [0.717, 1.165) is 12.8 Å². The SMILES string of the molecule is Cc1c(C(N)CCC(C)(C)C)cnn1C. The number of hydrogen-bond donors (Lipinski definition) is 1. The van der Waals surface area contributed by atoms with E-state index >= 15 is 0 Å². The highest BCUT2D eigenvalue weighted by molar-refractivity contribution is 5.19. The number of nitrogens with zero attached hydrogens (tertiary/aromatic N) is 2. The molecule has 1 aromatic rings. The maximum Gasteiger partial charge on any atom is 0.0540 e. The van der Waals surface area contributed by atoms with Crippen LogP contribution in [0.3, 0.4) is 0 Å². The molecule has 0 fully saturated rings. The first kappa shape index (κ1) is 12.2. The van der Waals surface area contributed by atoms with Gasteiger partial charge in [-0.05, 0) is 25.2 Å². The summed E-state index contributed by atoms with van der Waals surface area (Å²) in [5.41, 5.74) is 8.88. The van der Waals surface area contributed by atoms with Crippen LogP contribution < -0.4 is 5.73 Å². The van der Waals surface area contributed by atoms with Crippen molar-refractivity contribution in [2.24, 2.45) is 18.2 Å². The summed E-state index contributed by atoms with van der Waals surface area (Å²) in [6.07, 6.45) is 4.06. The summed E-state index contributed by atoms with van der Waals surface area (Å²) in [5.74, 6) is 0. The lowest BCUT2D eigenvalue weighted by molar-refractivity contribution is 0.349. The zero-order chi connectivity index (χ0) is 11.6. The quantitative estimate of drug-likeness (QED) is 0.831. The van der Waals surface area contributed by atoms with E-state index in [1.54, 1.807) is 0 Å². The first-order chi connectivity index (χ1) is 6.81. The normalized spacial score (nSPS) is 14.3. The van der Waals surface area contributed by atoms with Gasteiger partial charge in [-0.2, -0.15) is 5.10 Å². The predicted octanol–water partition coefficient (Wildman–Crippen LogP) is 2.55. The van der Waals surface area contributed by atoms with E-state index in [2.05, 4.69) is 32.8 Å². The molecule has 3 nitrogen and oxygen atoms in total. The van der Waals surface area contributed by atoms with Crippen molar-refractivity contribution in [1.82, 2.24) is 9.78 Å². The molecule has 0 aromatic carbocycles. The molecule has 0 bridgehead atoms. The smallest absolute Gasteiger partial charge is 0.0540 e. The van der Waals surface area contributed by atoms with E-state index in [1.165, 1.54) is 11.3 Å². The Morgan fingerprint density at radius 3 is 2.47 bits per heavy atom. The minimum atomic E-state index is 0.123. The molecular weight excluding hydrogens is 186 g/mol. The molecule has 86 valence electrons. The van der Waals surface area contributed by atoms with Crippen molar-refractivity contribution >= 4 is 0 Å². The van der Waals surface area contributed by atoms with Gasteiger partial charge in [0.15, 0.2) is 0 Å². The molecule has 0 aliphatic rings. The number of hydrogen-bond acceptors (Lipinski definition) is 2. The molecule has 15 heavy (non-hydrogen) atoms. The summed E-state index contributed by atoms with van der Waals surface area (Å²) >= 11 is 0. The van der Waals surface area contributed by atoms with Gasteiger partial charge in [-0.15, -0.1) is 0 Å². The van der Waals surface area contributed by atoms with Crippen molar-refractivity contribution in [2.45, 2.75) is 46.6 Å². The molecule has 3 heteroatoms. The van der Waals surface area contributed by atoms with Gasteiger partial charge in [0, 0.05) is 24.3 Å². The molecule has 2 N–H and O–H groups in total. The number of aryl methyl sites for hydroxylation is 1. The minimum absolute atomic E-state index is 0.123. The molecular formula is C12H23N3. The highest BCUT2D eigenvalue weighted by Gasteiger charge is 2.16. The van der Waals surface area contributed by atoms with E-state index in [-0.39, 0.29) is 6.04 Å². The van der Waals surface area contributed by atoms with Crippen molar-refractivity contribution in [3.63, 3.8) is 0 Å². The Kier molecular flexibility index (Phi) is 3.55. The minimum Gasteiger partial charge on any atom is -0.324 e. The van der Waals surface area contributed by atoms with E-state index in [1.807, 2.05) is 17.9 Å². The van der Waals surface area contributed by atoms with Crippen LogP contribution in [0.5, 0.6) is 0 Å². The number of rotatable bonds is 3. The second-order valence-corrected chi connectivity index (χ2v) is 5.51. The average Bonchev–Trinajstić information content (AvgIpc) is 2.43. The molecule has 0 amide bonds. The fourth-order valence-electron chi connectivity index (χ4n) is 1.62. The van der Waals surface area contributed by atoms with Crippen molar-refractivity contribution in [3.8, 4) is 0 Å². The predicted molar refractivity (Wildman–Crippen MR) is 63.6 cm³/mol. The fourth-order valence-corrected chi connectivity index (χ4v) is 1.62. The van der Waals surface area contributed by atoms with Gasteiger partial charge in [-0.25, -0.2) is 0 Å². The van der Waals surface area contributed by atoms with Crippen molar-refractivity contribution in [2.75, 3.05) is 0 Å². The van der Waals surface area contributed by atoms with Crippen molar-refractivity contribution in [1.29, 1.82) is 0 Å². The Labute approximate surface area is 92.7 Å². The van der Waals surface area contributed by atoms with Crippen LogP contribution in [-0.2, 0) is 7.05 Å². The van der Waals surface area contributed by atoms with Crippen LogP contribution in [0.4, 0.5) is 0 Å². The van der Waals surface area contributed by atoms with Crippen LogP contribution in [0.25, 0.3) is 0 Å². The molecule has 0 saturated heterocycles. The van der Waals surface area contributed by atoms with Gasteiger partial charge in [0.05, 0.1) is 6.20 Å². The molecule has 1 atom stereocenters. The summed E-state index contributed by atoms with van der Waals surface area (Å²) < 4.78 is 1.88. The highest BCUT2D eigenvalue weighted by Crippen LogP contribution is 2.26. The van der Waals surface area contributed by atoms with Gasteiger partial charge in [-0.3, -0.25) is 4.68 Å². The third-order valence-corrected chi connectivity index (χ3v) is 2.88. The highest BCUT2D eigenvalue weighted by atomic mass is 15.3. The fraction of sp³-hybridized carbons (Fsp3) is 0.750. The Hall–Kier alpha value is -0.830. The molecule has 0 saturated carbocycles. The standard InChI is InChI=1S/C12H23N3/c1-9-10(8-14-15(9)5)11(13)6-7-12(2,3)4/h8,11H,6-7,13H2,1-5H3. The number of nitrogens with two attached hydrogens (primary N) is 1. The Bertz CT molecular complexity index is 320. The topological polar surface area (TPSA) is 43.8 Å². The molecule has 0 aliphatic heterocycles. The van der Waals surface area contributed by atoms with Crippen LogP contribution in [0.1, 0.15) is 50.9 Å². The first-order valence-electron chi connectivity index (χ1n) is 5.55. The average molecular weight is 209 g/mol. The van der Waals surface area contributed by atoms with E-state index in [9.17, 15) is 0 Å². The second kappa shape index (κ2) is 4.35. The summed E-state index contributed by atoms with van der Waals surface area (Å²) in [5, 5.41) is 4.22. The molecule has 1 aromatic heterocycles. The Morgan fingerprint density at radius 1 is 1.47 bits per heavy atom. The molecule has 0 spiro atoms. The Morgan fingerprint density at radius 2 is 2.07 bits per heavy atom. The van der Waals surface area contributed by atoms with Gasteiger partial charge in [0.2, 0.25) is 0 Å². The summed E-state index contributed by atoms with van der Waals surface area (Å²) in [7, 11) is 1.95. The maximum absolute atomic E-state index is 6.16. The van der Waals surface area contributed by atoms with Gasteiger partial charge in [0.25, 0.3) is 0 Å². The monoisotopic (exact) mass is 209 g/mol. The molecule has 1 rings (SSSR count). The van der Waals surface area contributed by atoms with E-state index in [0.29, 0.717) is 5.41 Å². The van der Waals surface area contributed by atoms with Gasteiger partial charge < -0.3 is 5.73 Å². The lowest BCUT2D eigenvalue weighted by Crippen LogP contribution is -2.15. The summed E-state index contributed by atoms with van der Waals surface area (Å²) in [6.45, 7) is 8.81. The van der Waals surface area contributed by atoms with E-state index < -0.39 is 0 Å². The first-order valence-corrected chi connectivity index (χ1v) is 5.55. The molecule has 0 radical (unpaired) electrons. The zero-order valence-corrected chi connectivity index (χ0v) is 10.5. The van der Waals surface area contributed by atoms with E-state index in [4.69, 9.17) is 5.73 Å². The van der Waals surface area contributed by atoms with Crippen LogP contribution >= 0.6 is 0 Å². The van der Waals surface area contributed by atoms with Gasteiger partial charge >= 0.3 is 0 Å². The van der Waals surface area contributed by atoms with Crippen molar-refractivity contribution < 1.29 is 0 Å². The summed E-state index contributed by atoms with van der Waals surface area (Å²) in [6, 6.07) is 0.123. The Balaban J connectivity index is 2.62. The van der Waals surface area contributed by atoms with Crippen LogP contribution in [-0.4, -0.2) is 9.78 Å². The third-order valence-electron chi connectivity index (χ3n) is 2.88.